The Morgan fingerprint density at radius 1 is 1.33 bits per heavy atom. The Balaban J connectivity index is 2.68. The molecule has 0 amide bonds. The molecular formula is C10H13IS. The summed E-state index contributed by atoms with van der Waals surface area (Å²) in [7, 11) is 0. The maximum atomic E-state index is 4.23. The number of rotatable bonds is 3. The summed E-state index contributed by atoms with van der Waals surface area (Å²) in [5.74, 6) is 1.60. The molecule has 0 saturated heterocycles. The van der Waals surface area contributed by atoms with Crippen molar-refractivity contribution in [1.29, 1.82) is 0 Å². The van der Waals surface area contributed by atoms with Crippen molar-refractivity contribution < 1.29 is 0 Å². The summed E-state index contributed by atoms with van der Waals surface area (Å²) in [6.07, 6.45) is 1.16. The summed E-state index contributed by atoms with van der Waals surface area (Å²) in [6.45, 7) is 2.25. The lowest BCUT2D eigenvalue weighted by Crippen LogP contribution is -1.93. The topological polar surface area (TPSA) is 0 Å². The second kappa shape index (κ2) is 5.12. The third kappa shape index (κ3) is 2.98. The van der Waals surface area contributed by atoms with Crippen LogP contribution in [0.25, 0.3) is 0 Å². The average Bonchev–Trinajstić information content (AvgIpc) is 2.06. The average molecular weight is 292 g/mol. The highest BCUT2D eigenvalue weighted by molar-refractivity contribution is 14.1. The lowest BCUT2D eigenvalue weighted by atomic mass is 9.99. The molecular weight excluding hydrogens is 279 g/mol. The highest BCUT2D eigenvalue weighted by Gasteiger charge is 2.02. The molecule has 0 N–H and O–H groups in total. The van der Waals surface area contributed by atoms with Crippen LogP contribution < -0.4 is 0 Å². The maximum absolute atomic E-state index is 4.23. The number of thiol groups is 1. The van der Waals surface area contributed by atoms with Crippen LogP contribution in [-0.2, 0) is 0 Å². The molecule has 0 heterocycles. The molecule has 1 unspecified atom stereocenters. The van der Waals surface area contributed by atoms with Crippen molar-refractivity contribution in [1.82, 2.24) is 0 Å². The molecule has 0 aliphatic carbocycles. The molecule has 2 heteroatoms. The van der Waals surface area contributed by atoms with E-state index in [1.807, 2.05) is 0 Å². The van der Waals surface area contributed by atoms with Gasteiger partial charge in [-0.3, -0.25) is 0 Å². The molecule has 1 aromatic rings. The SMILES string of the molecule is CC(CCS)c1ccc(I)cc1. The van der Waals surface area contributed by atoms with Crippen molar-refractivity contribution >= 4 is 35.2 Å². The van der Waals surface area contributed by atoms with E-state index in [9.17, 15) is 0 Å². The van der Waals surface area contributed by atoms with Crippen LogP contribution in [0.3, 0.4) is 0 Å². The minimum absolute atomic E-state index is 0.638. The monoisotopic (exact) mass is 292 g/mol. The Bertz CT molecular complexity index is 230. The third-order valence-corrected chi connectivity index (χ3v) is 2.98. The van der Waals surface area contributed by atoms with E-state index in [1.165, 1.54) is 9.13 Å². The van der Waals surface area contributed by atoms with Gasteiger partial charge in [0.25, 0.3) is 0 Å². The molecule has 0 bridgehead atoms. The summed E-state index contributed by atoms with van der Waals surface area (Å²) in [5.41, 5.74) is 1.42. The number of halogens is 1. The molecule has 0 nitrogen and oxygen atoms in total. The van der Waals surface area contributed by atoms with Crippen LogP contribution >= 0.6 is 35.2 Å². The Kier molecular flexibility index (Phi) is 4.43. The standard InChI is InChI=1S/C10H13IS/c1-8(6-7-12)9-2-4-10(11)5-3-9/h2-5,8,12H,6-7H2,1H3. The predicted octanol–water partition coefficient (Wildman–Crippen LogP) is 3.71. The normalized spacial score (nSPS) is 12.9. The molecule has 0 aliphatic heterocycles. The first kappa shape index (κ1) is 10.4. The quantitative estimate of drug-likeness (QED) is 0.637. The van der Waals surface area contributed by atoms with Crippen LogP contribution in [0, 0.1) is 3.57 Å². The van der Waals surface area contributed by atoms with Crippen LogP contribution in [0.1, 0.15) is 24.8 Å². The molecule has 0 aromatic heterocycles. The fourth-order valence-electron chi connectivity index (χ4n) is 1.15. The third-order valence-electron chi connectivity index (χ3n) is 2.00. The molecule has 1 atom stereocenters. The molecule has 0 aliphatic rings. The zero-order chi connectivity index (χ0) is 8.97. The van der Waals surface area contributed by atoms with Gasteiger partial charge in [0, 0.05) is 3.57 Å². The molecule has 0 radical (unpaired) electrons. The second-order valence-electron chi connectivity index (χ2n) is 2.96. The zero-order valence-electron chi connectivity index (χ0n) is 7.13. The maximum Gasteiger partial charge on any atom is 0.0130 e. The lowest BCUT2D eigenvalue weighted by molar-refractivity contribution is 0.742. The first-order chi connectivity index (χ1) is 5.74. The van der Waals surface area contributed by atoms with E-state index in [-0.39, 0.29) is 0 Å². The van der Waals surface area contributed by atoms with Crippen molar-refractivity contribution in [2.45, 2.75) is 19.3 Å². The fraction of sp³-hybridized carbons (Fsp3) is 0.400. The lowest BCUT2D eigenvalue weighted by Gasteiger charge is -2.09. The minimum Gasteiger partial charge on any atom is -0.179 e. The van der Waals surface area contributed by atoms with Gasteiger partial charge in [0.15, 0.2) is 0 Å². The predicted molar refractivity (Wildman–Crippen MR) is 66.0 cm³/mol. The highest BCUT2D eigenvalue weighted by atomic mass is 127. The van der Waals surface area contributed by atoms with E-state index in [2.05, 4.69) is 66.4 Å². The molecule has 1 aromatic carbocycles. The van der Waals surface area contributed by atoms with E-state index in [0.29, 0.717) is 5.92 Å². The number of benzene rings is 1. The van der Waals surface area contributed by atoms with Gasteiger partial charge in [-0.15, -0.1) is 0 Å². The van der Waals surface area contributed by atoms with Gasteiger partial charge in [-0.1, -0.05) is 19.1 Å². The van der Waals surface area contributed by atoms with Crippen molar-refractivity contribution in [3.8, 4) is 0 Å². The van der Waals surface area contributed by atoms with Gasteiger partial charge in [-0.2, -0.15) is 12.6 Å². The second-order valence-corrected chi connectivity index (χ2v) is 4.66. The first-order valence-electron chi connectivity index (χ1n) is 4.10. The summed E-state index contributed by atoms with van der Waals surface area (Å²) in [6, 6.07) is 8.72. The molecule has 0 spiro atoms. The van der Waals surface area contributed by atoms with Gasteiger partial charge < -0.3 is 0 Å². The number of hydrogen-bond donors (Lipinski definition) is 1. The molecule has 66 valence electrons. The first-order valence-corrected chi connectivity index (χ1v) is 5.81. The van der Waals surface area contributed by atoms with Crippen LogP contribution in [0.5, 0.6) is 0 Å². The van der Waals surface area contributed by atoms with Crippen LogP contribution in [-0.4, -0.2) is 5.75 Å². The van der Waals surface area contributed by atoms with Gasteiger partial charge in [-0.05, 0) is 58.4 Å². The van der Waals surface area contributed by atoms with Crippen LogP contribution in [0.2, 0.25) is 0 Å². The van der Waals surface area contributed by atoms with Gasteiger partial charge in [0.1, 0.15) is 0 Å². The summed E-state index contributed by atoms with van der Waals surface area (Å²) in [5, 5.41) is 0. The smallest absolute Gasteiger partial charge is 0.0130 e. The molecule has 1 rings (SSSR count). The van der Waals surface area contributed by atoms with E-state index < -0.39 is 0 Å². The van der Waals surface area contributed by atoms with Crippen LogP contribution in [0.4, 0.5) is 0 Å². The van der Waals surface area contributed by atoms with E-state index in [4.69, 9.17) is 0 Å². The van der Waals surface area contributed by atoms with Crippen molar-refractivity contribution in [3.63, 3.8) is 0 Å². The minimum atomic E-state index is 0.638. The summed E-state index contributed by atoms with van der Waals surface area (Å²) >= 11 is 6.56. The summed E-state index contributed by atoms with van der Waals surface area (Å²) < 4.78 is 1.30. The Morgan fingerprint density at radius 2 is 1.92 bits per heavy atom. The fourth-order valence-corrected chi connectivity index (χ4v) is 1.90. The largest absolute Gasteiger partial charge is 0.179 e. The molecule has 0 fully saturated rings. The summed E-state index contributed by atoms with van der Waals surface area (Å²) in [4.78, 5) is 0. The Morgan fingerprint density at radius 3 is 2.42 bits per heavy atom. The van der Waals surface area contributed by atoms with E-state index >= 15 is 0 Å². The van der Waals surface area contributed by atoms with Gasteiger partial charge in [-0.25, -0.2) is 0 Å². The van der Waals surface area contributed by atoms with Crippen LogP contribution in [0.15, 0.2) is 24.3 Å². The van der Waals surface area contributed by atoms with Gasteiger partial charge in [0.2, 0.25) is 0 Å². The Hall–Kier alpha value is 0.300. The van der Waals surface area contributed by atoms with Crippen molar-refractivity contribution in [2.24, 2.45) is 0 Å². The zero-order valence-corrected chi connectivity index (χ0v) is 10.2. The van der Waals surface area contributed by atoms with E-state index in [0.717, 1.165) is 12.2 Å². The number of hydrogen-bond acceptors (Lipinski definition) is 1. The molecule has 0 saturated carbocycles. The Labute approximate surface area is 93.3 Å². The van der Waals surface area contributed by atoms with Gasteiger partial charge >= 0.3 is 0 Å². The molecule has 12 heavy (non-hydrogen) atoms. The van der Waals surface area contributed by atoms with Gasteiger partial charge in [0.05, 0.1) is 0 Å². The van der Waals surface area contributed by atoms with Crippen molar-refractivity contribution in [2.75, 3.05) is 5.75 Å². The van der Waals surface area contributed by atoms with E-state index in [1.54, 1.807) is 0 Å². The van der Waals surface area contributed by atoms with Crippen molar-refractivity contribution in [3.05, 3.63) is 33.4 Å². The highest BCUT2D eigenvalue weighted by Crippen LogP contribution is 2.20.